The molecule has 1 aliphatic rings. The molecular formula is C23H22N6O2. The predicted octanol–water partition coefficient (Wildman–Crippen LogP) is 3.71. The van der Waals surface area contributed by atoms with Crippen molar-refractivity contribution in [3.8, 4) is 11.1 Å². The minimum absolute atomic E-state index is 0.000239. The van der Waals surface area contributed by atoms with Crippen LogP contribution < -0.4 is 0 Å². The van der Waals surface area contributed by atoms with Crippen LogP contribution in [0.2, 0.25) is 0 Å². The maximum Gasteiger partial charge on any atom is 0.259 e. The van der Waals surface area contributed by atoms with Crippen LogP contribution in [-0.4, -0.2) is 49.0 Å². The Morgan fingerprint density at radius 2 is 1.84 bits per heavy atom. The molecule has 4 aromatic heterocycles. The Hall–Kier alpha value is -3.68. The van der Waals surface area contributed by atoms with Gasteiger partial charge in [0.15, 0.2) is 5.65 Å². The summed E-state index contributed by atoms with van der Waals surface area (Å²) in [5.74, 6) is 0.885. The molecular weight excluding hydrogens is 392 g/mol. The summed E-state index contributed by atoms with van der Waals surface area (Å²) in [5.41, 5.74) is 4.89. The van der Waals surface area contributed by atoms with Gasteiger partial charge < -0.3 is 9.42 Å². The van der Waals surface area contributed by atoms with Crippen molar-refractivity contribution < 1.29 is 9.32 Å². The van der Waals surface area contributed by atoms with Crippen molar-refractivity contribution in [2.75, 3.05) is 13.1 Å². The average Bonchev–Trinajstić information content (AvgIpc) is 3.16. The topological polar surface area (TPSA) is 97.9 Å². The standard InChI is InChI=1S/C23H22N6O2/c1-14-21(15(2)31-28-14)23(30)29-7-5-16(6-8-29)20-4-3-17-9-18(12-26-22(17)27-20)19-10-24-13-25-11-19/h3-4,9-13,16H,5-8H2,1-2H3. The molecule has 0 radical (unpaired) electrons. The van der Waals surface area contributed by atoms with E-state index in [2.05, 4.69) is 38.3 Å². The molecule has 0 aliphatic carbocycles. The van der Waals surface area contributed by atoms with E-state index in [1.165, 1.54) is 6.33 Å². The first-order valence-electron chi connectivity index (χ1n) is 10.3. The van der Waals surface area contributed by atoms with E-state index in [9.17, 15) is 4.79 Å². The molecule has 1 amide bonds. The third-order valence-electron chi connectivity index (χ3n) is 5.91. The quantitative estimate of drug-likeness (QED) is 0.504. The summed E-state index contributed by atoms with van der Waals surface area (Å²) in [4.78, 5) is 32.3. The van der Waals surface area contributed by atoms with E-state index < -0.39 is 0 Å². The fourth-order valence-corrected chi connectivity index (χ4v) is 4.18. The van der Waals surface area contributed by atoms with Crippen LogP contribution in [0.4, 0.5) is 0 Å². The number of likely N-dealkylation sites (tertiary alicyclic amines) is 1. The van der Waals surface area contributed by atoms with Gasteiger partial charge in [-0.15, -0.1) is 0 Å². The first-order valence-corrected chi connectivity index (χ1v) is 10.3. The van der Waals surface area contributed by atoms with E-state index in [0.29, 0.717) is 36.0 Å². The van der Waals surface area contributed by atoms with Gasteiger partial charge in [-0.2, -0.15) is 0 Å². The van der Waals surface area contributed by atoms with E-state index >= 15 is 0 Å². The van der Waals surface area contributed by atoms with Gasteiger partial charge in [0.25, 0.3) is 5.91 Å². The second kappa shape index (κ2) is 7.86. The van der Waals surface area contributed by atoms with Gasteiger partial charge in [-0.1, -0.05) is 5.16 Å². The summed E-state index contributed by atoms with van der Waals surface area (Å²) in [6, 6.07) is 6.20. The number of aryl methyl sites for hydroxylation is 2. The average molecular weight is 414 g/mol. The van der Waals surface area contributed by atoms with E-state index in [1.807, 2.05) is 11.1 Å². The molecule has 0 unspecified atom stereocenters. The Bertz CT molecular complexity index is 1230. The fourth-order valence-electron chi connectivity index (χ4n) is 4.18. The molecule has 0 saturated carbocycles. The molecule has 4 aromatic rings. The third kappa shape index (κ3) is 3.65. The fraction of sp³-hybridized carbons (Fsp3) is 0.304. The van der Waals surface area contributed by atoms with Crippen LogP contribution in [0.3, 0.4) is 0 Å². The SMILES string of the molecule is Cc1noc(C)c1C(=O)N1CCC(c2ccc3cc(-c4cncnc4)cnc3n2)CC1. The number of aromatic nitrogens is 5. The molecule has 8 nitrogen and oxygen atoms in total. The first-order chi connectivity index (χ1) is 15.1. The van der Waals surface area contributed by atoms with Gasteiger partial charge in [-0.3, -0.25) is 4.79 Å². The third-order valence-corrected chi connectivity index (χ3v) is 5.91. The number of nitrogens with zero attached hydrogens (tertiary/aromatic N) is 6. The highest BCUT2D eigenvalue weighted by Crippen LogP contribution is 2.30. The molecule has 5 rings (SSSR count). The van der Waals surface area contributed by atoms with Gasteiger partial charge in [0.1, 0.15) is 17.7 Å². The molecule has 1 saturated heterocycles. The van der Waals surface area contributed by atoms with Gasteiger partial charge in [0.2, 0.25) is 0 Å². The van der Waals surface area contributed by atoms with Crippen LogP contribution in [0.25, 0.3) is 22.2 Å². The maximum absolute atomic E-state index is 12.9. The van der Waals surface area contributed by atoms with Crippen molar-refractivity contribution >= 4 is 16.9 Å². The number of pyridine rings is 2. The molecule has 1 aliphatic heterocycles. The van der Waals surface area contributed by atoms with Crippen molar-refractivity contribution in [1.29, 1.82) is 0 Å². The summed E-state index contributed by atoms with van der Waals surface area (Å²) in [5, 5.41) is 4.89. The Kier molecular flexibility index (Phi) is 4.89. The van der Waals surface area contributed by atoms with E-state index in [-0.39, 0.29) is 5.91 Å². The van der Waals surface area contributed by atoms with Crippen LogP contribution in [0.5, 0.6) is 0 Å². The lowest BCUT2D eigenvalue weighted by atomic mass is 9.92. The number of carbonyl (C=O) groups is 1. The van der Waals surface area contributed by atoms with Gasteiger partial charge in [-0.05, 0) is 44.9 Å². The molecule has 0 bridgehead atoms. The number of amides is 1. The minimum Gasteiger partial charge on any atom is -0.361 e. The Balaban J connectivity index is 1.31. The number of hydrogen-bond donors (Lipinski definition) is 0. The second-order valence-corrected chi connectivity index (χ2v) is 7.90. The van der Waals surface area contributed by atoms with Crippen molar-refractivity contribution in [2.45, 2.75) is 32.6 Å². The van der Waals surface area contributed by atoms with Gasteiger partial charge in [0.05, 0.1) is 5.69 Å². The number of carbonyl (C=O) groups excluding carboxylic acids is 1. The lowest BCUT2D eigenvalue weighted by molar-refractivity contribution is 0.0709. The van der Waals surface area contributed by atoms with Crippen molar-refractivity contribution in [3.05, 3.63) is 65.8 Å². The molecule has 0 spiro atoms. The van der Waals surface area contributed by atoms with Crippen molar-refractivity contribution in [2.24, 2.45) is 0 Å². The Labute approximate surface area is 179 Å². The van der Waals surface area contributed by atoms with Gasteiger partial charge in [-0.25, -0.2) is 19.9 Å². The van der Waals surface area contributed by atoms with Gasteiger partial charge in [0, 0.05) is 59.8 Å². The Morgan fingerprint density at radius 1 is 1.06 bits per heavy atom. The van der Waals surface area contributed by atoms with E-state index in [4.69, 9.17) is 9.51 Å². The number of fused-ring (bicyclic) bond motifs is 1. The predicted molar refractivity (Wildman–Crippen MR) is 114 cm³/mol. The van der Waals surface area contributed by atoms with E-state index in [1.54, 1.807) is 26.2 Å². The highest BCUT2D eigenvalue weighted by atomic mass is 16.5. The van der Waals surface area contributed by atoms with Crippen LogP contribution in [0.15, 0.2) is 47.6 Å². The van der Waals surface area contributed by atoms with Crippen LogP contribution in [0.1, 0.15) is 46.3 Å². The lowest BCUT2D eigenvalue weighted by Crippen LogP contribution is -2.38. The molecule has 31 heavy (non-hydrogen) atoms. The largest absolute Gasteiger partial charge is 0.361 e. The second-order valence-electron chi connectivity index (χ2n) is 7.90. The molecule has 8 heteroatoms. The Morgan fingerprint density at radius 3 is 2.55 bits per heavy atom. The molecule has 0 aromatic carbocycles. The van der Waals surface area contributed by atoms with Crippen LogP contribution in [0, 0.1) is 13.8 Å². The molecule has 0 atom stereocenters. The zero-order valence-electron chi connectivity index (χ0n) is 17.4. The lowest BCUT2D eigenvalue weighted by Gasteiger charge is -2.31. The van der Waals surface area contributed by atoms with Crippen LogP contribution >= 0.6 is 0 Å². The summed E-state index contributed by atoms with van der Waals surface area (Å²) in [6.45, 7) is 4.96. The number of rotatable bonds is 3. The zero-order chi connectivity index (χ0) is 21.4. The van der Waals surface area contributed by atoms with Crippen molar-refractivity contribution in [3.63, 3.8) is 0 Å². The smallest absolute Gasteiger partial charge is 0.259 e. The molecule has 156 valence electrons. The highest BCUT2D eigenvalue weighted by molar-refractivity contribution is 5.96. The molecule has 1 fully saturated rings. The summed E-state index contributed by atoms with van der Waals surface area (Å²) in [6.07, 6.45) is 8.60. The molecule has 5 heterocycles. The molecule has 0 N–H and O–H groups in total. The monoisotopic (exact) mass is 414 g/mol. The van der Waals surface area contributed by atoms with Crippen LogP contribution in [-0.2, 0) is 0 Å². The van der Waals surface area contributed by atoms with Gasteiger partial charge >= 0.3 is 0 Å². The summed E-state index contributed by atoms with van der Waals surface area (Å²) >= 11 is 0. The number of hydrogen-bond acceptors (Lipinski definition) is 7. The number of piperidine rings is 1. The minimum atomic E-state index is 0.000239. The van der Waals surface area contributed by atoms with Crippen molar-refractivity contribution in [1.82, 2.24) is 30.0 Å². The van der Waals surface area contributed by atoms with E-state index in [0.717, 1.165) is 40.7 Å². The normalized spacial score (nSPS) is 14.8. The summed E-state index contributed by atoms with van der Waals surface area (Å²) in [7, 11) is 0. The highest BCUT2D eigenvalue weighted by Gasteiger charge is 2.28. The zero-order valence-corrected chi connectivity index (χ0v) is 17.4. The maximum atomic E-state index is 12.9. The first kappa shape index (κ1) is 19.3. The summed E-state index contributed by atoms with van der Waals surface area (Å²) < 4.78 is 5.15.